The van der Waals surface area contributed by atoms with Gasteiger partial charge in [0.15, 0.2) is 0 Å². The Labute approximate surface area is 70.9 Å². The number of carbonyl (C=O) groups excluding carboxylic acids is 1. The number of thiophene rings is 1. The highest BCUT2D eigenvalue weighted by Gasteiger charge is 2.05. The second-order valence-electron chi connectivity index (χ2n) is 1.52. The van der Waals surface area contributed by atoms with Gasteiger partial charge in [0.05, 0.1) is 0 Å². The van der Waals surface area contributed by atoms with Crippen molar-refractivity contribution in [3.05, 3.63) is 22.4 Å². The minimum absolute atomic E-state index is 0.254. The molecule has 0 aliphatic heterocycles. The Morgan fingerprint density at radius 2 is 2.60 bits per heavy atom. The molecule has 0 aromatic carbocycles. The molecule has 1 aromatic heterocycles. The molecule has 0 fully saturated rings. The third-order valence-corrected chi connectivity index (χ3v) is 1.99. The van der Waals surface area contributed by atoms with Crippen LogP contribution < -0.4 is 0 Å². The highest BCUT2D eigenvalue weighted by atomic mass is 79.9. The first-order valence-electron chi connectivity index (χ1n) is 2.61. The lowest BCUT2D eigenvalue weighted by molar-refractivity contribution is 0.0589. The van der Waals surface area contributed by atoms with Crippen LogP contribution >= 0.6 is 27.3 Å². The fourth-order valence-electron chi connectivity index (χ4n) is 0.515. The van der Waals surface area contributed by atoms with Gasteiger partial charge >= 0.3 is 5.97 Å². The maximum Gasteiger partial charge on any atom is 0.349 e. The summed E-state index contributed by atoms with van der Waals surface area (Å²) in [6, 6.07) is 3.55. The lowest BCUT2D eigenvalue weighted by Crippen LogP contribution is -1.99. The second kappa shape index (κ2) is 3.73. The second-order valence-corrected chi connectivity index (χ2v) is 2.92. The van der Waals surface area contributed by atoms with Crippen molar-refractivity contribution < 1.29 is 9.53 Å². The van der Waals surface area contributed by atoms with Crippen molar-refractivity contribution in [2.75, 3.05) is 5.52 Å². The summed E-state index contributed by atoms with van der Waals surface area (Å²) in [4.78, 5) is 11.5. The molecule has 0 N–H and O–H groups in total. The Morgan fingerprint density at radius 3 is 3.10 bits per heavy atom. The van der Waals surface area contributed by atoms with E-state index in [1.807, 2.05) is 11.4 Å². The summed E-state index contributed by atoms with van der Waals surface area (Å²) < 4.78 is 4.67. The fourth-order valence-corrected chi connectivity index (χ4v) is 1.34. The Kier molecular flexibility index (Phi) is 2.89. The van der Waals surface area contributed by atoms with Gasteiger partial charge in [-0.25, -0.2) is 4.79 Å². The van der Waals surface area contributed by atoms with E-state index in [1.54, 1.807) is 6.07 Å². The van der Waals surface area contributed by atoms with Gasteiger partial charge in [0.1, 0.15) is 10.4 Å². The summed E-state index contributed by atoms with van der Waals surface area (Å²) in [6.07, 6.45) is 0. The standard InChI is InChI=1S/C6H5BrO2S/c7-4-9-6(8)5-2-1-3-10-5/h1-3H,4H2. The average Bonchev–Trinajstić information content (AvgIpc) is 2.38. The van der Waals surface area contributed by atoms with Crippen LogP contribution in [0.15, 0.2) is 17.5 Å². The normalized spacial score (nSPS) is 9.30. The molecule has 10 heavy (non-hydrogen) atoms. The summed E-state index contributed by atoms with van der Waals surface area (Å²) in [6.45, 7) is 0. The van der Waals surface area contributed by atoms with Crippen molar-refractivity contribution in [3.63, 3.8) is 0 Å². The first-order valence-corrected chi connectivity index (χ1v) is 4.61. The van der Waals surface area contributed by atoms with E-state index in [2.05, 4.69) is 20.7 Å². The third kappa shape index (κ3) is 1.82. The van der Waals surface area contributed by atoms with Crippen LogP contribution in [-0.4, -0.2) is 11.5 Å². The molecule has 0 amide bonds. The van der Waals surface area contributed by atoms with Gasteiger partial charge in [-0.3, -0.25) is 0 Å². The van der Waals surface area contributed by atoms with Crippen LogP contribution in [0, 0.1) is 0 Å². The van der Waals surface area contributed by atoms with E-state index < -0.39 is 0 Å². The molecule has 0 saturated carbocycles. The smallest absolute Gasteiger partial charge is 0.349 e. The maximum absolute atomic E-state index is 10.9. The number of esters is 1. The van der Waals surface area contributed by atoms with Gasteiger partial charge < -0.3 is 4.74 Å². The van der Waals surface area contributed by atoms with E-state index in [-0.39, 0.29) is 11.5 Å². The number of hydrogen-bond acceptors (Lipinski definition) is 3. The minimum Gasteiger partial charge on any atom is -0.450 e. The number of rotatable bonds is 2. The predicted molar refractivity (Wildman–Crippen MR) is 43.5 cm³/mol. The topological polar surface area (TPSA) is 26.3 Å². The van der Waals surface area contributed by atoms with Crippen molar-refractivity contribution >= 4 is 33.2 Å². The average molecular weight is 221 g/mol. The molecule has 1 aromatic rings. The van der Waals surface area contributed by atoms with E-state index in [0.29, 0.717) is 4.88 Å². The van der Waals surface area contributed by atoms with Crippen LogP contribution in [0.2, 0.25) is 0 Å². The van der Waals surface area contributed by atoms with E-state index in [1.165, 1.54) is 11.3 Å². The van der Waals surface area contributed by atoms with E-state index in [9.17, 15) is 4.79 Å². The number of alkyl halides is 1. The van der Waals surface area contributed by atoms with Crippen LogP contribution in [0.3, 0.4) is 0 Å². The lowest BCUT2D eigenvalue weighted by Gasteiger charge is -1.94. The Balaban J connectivity index is 2.59. The fraction of sp³-hybridized carbons (Fsp3) is 0.167. The van der Waals surface area contributed by atoms with Crippen molar-refractivity contribution in [2.45, 2.75) is 0 Å². The first kappa shape index (κ1) is 7.75. The monoisotopic (exact) mass is 220 g/mol. The zero-order valence-corrected chi connectivity index (χ0v) is 7.44. The van der Waals surface area contributed by atoms with Gasteiger partial charge in [-0.05, 0) is 27.4 Å². The molecule has 0 atom stereocenters. The van der Waals surface area contributed by atoms with Crippen molar-refractivity contribution in [2.24, 2.45) is 0 Å². The van der Waals surface area contributed by atoms with E-state index in [4.69, 9.17) is 0 Å². The Hall–Kier alpha value is -0.350. The minimum atomic E-state index is -0.271. The molecule has 2 nitrogen and oxygen atoms in total. The van der Waals surface area contributed by atoms with Crippen molar-refractivity contribution in [1.29, 1.82) is 0 Å². The first-order chi connectivity index (χ1) is 4.84. The molecule has 0 bridgehead atoms. The van der Waals surface area contributed by atoms with Gasteiger partial charge in [0, 0.05) is 0 Å². The van der Waals surface area contributed by atoms with E-state index in [0.717, 1.165) is 0 Å². The molecular weight excluding hydrogens is 216 g/mol. The molecule has 0 aliphatic carbocycles. The zero-order chi connectivity index (χ0) is 7.40. The van der Waals surface area contributed by atoms with Gasteiger partial charge in [-0.1, -0.05) is 6.07 Å². The predicted octanol–water partition coefficient (Wildman–Crippen LogP) is 2.26. The van der Waals surface area contributed by atoms with Crippen molar-refractivity contribution in [3.8, 4) is 0 Å². The third-order valence-electron chi connectivity index (χ3n) is 0.908. The molecule has 1 rings (SSSR count). The number of carbonyl (C=O) groups is 1. The molecule has 0 unspecified atom stereocenters. The van der Waals surface area contributed by atoms with Crippen LogP contribution in [0.1, 0.15) is 9.67 Å². The number of halogens is 1. The van der Waals surface area contributed by atoms with Gasteiger partial charge in [-0.15, -0.1) is 11.3 Å². The van der Waals surface area contributed by atoms with Gasteiger partial charge in [0.25, 0.3) is 0 Å². The summed E-state index contributed by atoms with van der Waals surface area (Å²) in [5.41, 5.74) is 0.254. The number of hydrogen-bond donors (Lipinski definition) is 0. The largest absolute Gasteiger partial charge is 0.450 e. The molecule has 54 valence electrons. The Bertz CT molecular complexity index is 208. The van der Waals surface area contributed by atoms with Crippen LogP contribution in [-0.2, 0) is 4.74 Å². The van der Waals surface area contributed by atoms with Crippen molar-refractivity contribution in [1.82, 2.24) is 0 Å². The molecule has 4 heteroatoms. The summed E-state index contributed by atoms with van der Waals surface area (Å²) in [7, 11) is 0. The maximum atomic E-state index is 10.9. The molecule has 0 aliphatic rings. The molecule has 0 radical (unpaired) electrons. The van der Waals surface area contributed by atoms with Crippen LogP contribution in [0.5, 0.6) is 0 Å². The highest BCUT2D eigenvalue weighted by Crippen LogP contribution is 2.09. The van der Waals surface area contributed by atoms with Gasteiger partial charge in [-0.2, -0.15) is 0 Å². The van der Waals surface area contributed by atoms with Crippen LogP contribution in [0.4, 0.5) is 0 Å². The quantitative estimate of drug-likeness (QED) is 0.565. The summed E-state index contributed by atoms with van der Waals surface area (Å²) in [5.74, 6) is -0.271. The summed E-state index contributed by atoms with van der Waals surface area (Å²) in [5, 5.41) is 1.84. The Morgan fingerprint density at radius 1 is 1.80 bits per heavy atom. The van der Waals surface area contributed by atoms with E-state index >= 15 is 0 Å². The zero-order valence-electron chi connectivity index (χ0n) is 5.04. The molecule has 1 heterocycles. The molecule has 0 spiro atoms. The molecule has 0 saturated heterocycles. The van der Waals surface area contributed by atoms with Gasteiger partial charge in [0.2, 0.25) is 0 Å². The highest BCUT2D eigenvalue weighted by molar-refractivity contribution is 9.09. The molecular formula is C6H5BrO2S. The van der Waals surface area contributed by atoms with Crippen LogP contribution in [0.25, 0.3) is 0 Å². The summed E-state index contributed by atoms with van der Waals surface area (Å²) >= 11 is 4.37. The number of ether oxygens (including phenoxy) is 1. The lowest BCUT2D eigenvalue weighted by atomic mass is 10.5. The SMILES string of the molecule is O=C(OCBr)c1cccs1.